The highest BCUT2D eigenvalue weighted by molar-refractivity contribution is 5.83. The highest BCUT2D eigenvalue weighted by Gasteiger charge is 2.32. The predicted molar refractivity (Wildman–Crippen MR) is 114 cm³/mol. The van der Waals surface area contributed by atoms with Crippen LogP contribution in [0.5, 0.6) is 0 Å². The van der Waals surface area contributed by atoms with Gasteiger partial charge in [0.15, 0.2) is 0 Å². The Morgan fingerprint density at radius 2 is 2.04 bits per heavy atom. The number of ketones is 1. The first-order chi connectivity index (χ1) is 13.3. The van der Waals surface area contributed by atoms with Crippen molar-refractivity contribution in [2.75, 3.05) is 6.61 Å². The lowest BCUT2D eigenvalue weighted by Gasteiger charge is -2.29. The normalized spacial score (nSPS) is 21.7. The van der Waals surface area contributed by atoms with Crippen LogP contribution in [0.25, 0.3) is 0 Å². The molecule has 0 aromatic rings. The number of hydrogen-bond acceptors (Lipinski definition) is 4. The fraction of sp³-hybridized carbons (Fsp3) is 0.750. The number of carbonyl (C=O) groups excluding carboxylic acids is 2. The summed E-state index contributed by atoms with van der Waals surface area (Å²) in [5.41, 5.74) is -0.128. The summed E-state index contributed by atoms with van der Waals surface area (Å²) < 4.78 is 4.91. The molecule has 0 aromatic heterocycles. The van der Waals surface area contributed by atoms with Gasteiger partial charge in [-0.2, -0.15) is 0 Å². The molecule has 1 rings (SSSR count). The standard InChI is InChI=1S/C24H40O4/c1-5-6-17-24(3,4)23(27)16-14-20-13-15-22(26)21(20)12-10-8-7-9-11-18-28-19(2)25/h8,10,14,16,20-21,23,27H,5-7,9,11-13,15,17-18H2,1-4H3/t20-,21-,23-/m1/s1. The Balaban J connectivity index is 2.43. The van der Waals surface area contributed by atoms with Gasteiger partial charge >= 0.3 is 5.97 Å². The van der Waals surface area contributed by atoms with E-state index in [1.165, 1.54) is 6.92 Å². The number of Topliss-reactive ketones (excluding diaryl/α,β-unsaturated/α-hetero) is 1. The number of unbranched alkanes of at least 4 members (excludes halogenated alkanes) is 3. The molecule has 1 aliphatic carbocycles. The van der Waals surface area contributed by atoms with Crippen LogP contribution < -0.4 is 0 Å². The van der Waals surface area contributed by atoms with Crippen molar-refractivity contribution in [2.24, 2.45) is 17.3 Å². The van der Waals surface area contributed by atoms with Crippen molar-refractivity contribution in [1.82, 2.24) is 0 Å². The second kappa shape index (κ2) is 12.9. The Morgan fingerprint density at radius 3 is 2.71 bits per heavy atom. The monoisotopic (exact) mass is 392 g/mol. The van der Waals surface area contributed by atoms with E-state index in [1.54, 1.807) is 0 Å². The Labute approximate surface area is 171 Å². The minimum absolute atomic E-state index is 0.0412. The van der Waals surface area contributed by atoms with Crippen LogP contribution >= 0.6 is 0 Å². The van der Waals surface area contributed by atoms with Gasteiger partial charge in [0.25, 0.3) is 0 Å². The van der Waals surface area contributed by atoms with Crippen molar-refractivity contribution in [3.8, 4) is 0 Å². The SMILES string of the molecule is CCCCC(C)(C)[C@H](O)C=C[C@H]1CCC(=O)[C@@H]1CC=CCCCCOC(C)=O. The molecular weight excluding hydrogens is 352 g/mol. The molecule has 1 N–H and O–H groups in total. The smallest absolute Gasteiger partial charge is 0.302 e. The van der Waals surface area contributed by atoms with Crippen molar-refractivity contribution in [3.05, 3.63) is 24.3 Å². The zero-order chi connectivity index (χ0) is 21.0. The third-order valence-electron chi connectivity index (χ3n) is 5.80. The van der Waals surface area contributed by atoms with Gasteiger partial charge in [0.1, 0.15) is 5.78 Å². The Morgan fingerprint density at radius 1 is 1.29 bits per heavy atom. The van der Waals surface area contributed by atoms with Gasteiger partial charge in [-0.25, -0.2) is 0 Å². The average molecular weight is 393 g/mol. The van der Waals surface area contributed by atoms with Crippen LogP contribution in [-0.4, -0.2) is 29.6 Å². The molecule has 4 nitrogen and oxygen atoms in total. The van der Waals surface area contributed by atoms with Crippen LogP contribution in [0.15, 0.2) is 24.3 Å². The van der Waals surface area contributed by atoms with Gasteiger partial charge in [0, 0.05) is 19.3 Å². The molecule has 0 unspecified atom stereocenters. The maximum atomic E-state index is 12.3. The molecule has 0 aromatic carbocycles. The molecule has 3 atom stereocenters. The number of hydrogen-bond donors (Lipinski definition) is 1. The van der Waals surface area contributed by atoms with E-state index in [-0.39, 0.29) is 23.2 Å². The van der Waals surface area contributed by atoms with Gasteiger partial charge in [-0.3, -0.25) is 9.59 Å². The number of carbonyl (C=O) groups is 2. The maximum Gasteiger partial charge on any atom is 0.302 e. The first-order valence-corrected chi connectivity index (χ1v) is 11.0. The lowest BCUT2D eigenvalue weighted by Crippen LogP contribution is -2.27. The van der Waals surface area contributed by atoms with Crippen LogP contribution in [0.3, 0.4) is 0 Å². The maximum absolute atomic E-state index is 12.3. The molecule has 28 heavy (non-hydrogen) atoms. The Kier molecular flexibility index (Phi) is 11.4. The summed E-state index contributed by atoms with van der Waals surface area (Å²) >= 11 is 0. The molecule has 1 fully saturated rings. The third-order valence-corrected chi connectivity index (χ3v) is 5.80. The fourth-order valence-electron chi connectivity index (χ4n) is 3.70. The second-order valence-electron chi connectivity index (χ2n) is 8.74. The topological polar surface area (TPSA) is 63.6 Å². The van der Waals surface area contributed by atoms with Gasteiger partial charge in [0.05, 0.1) is 12.7 Å². The third kappa shape index (κ3) is 9.18. The van der Waals surface area contributed by atoms with Crippen LogP contribution in [0.1, 0.15) is 85.5 Å². The van der Waals surface area contributed by atoms with E-state index in [1.807, 2.05) is 6.08 Å². The van der Waals surface area contributed by atoms with Crippen LogP contribution in [0, 0.1) is 17.3 Å². The summed E-state index contributed by atoms with van der Waals surface area (Å²) in [6.07, 6.45) is 16.1. The summed E-state index contributed by atoms with van der Waals surface area (Å²) in [4.78, 5) is 23.0. The van der Waals surface area contributed by atoms with Crippen molar-refractivity contribution in [1.29, 1.82) is 0 Å². The molecule has 4 heteroatoms. The fourth-order valence-corrected chi connectivity index (χ4v) is 3.70. The minimum atomic E-state index is -0.469. The molecular formula is C24H40O4. The summed E-state index contributed by atoms with van der Waals surface area (Å²) in [7, 11) is 0. The van der Waals surface area contributed by atoms with Crippen molar-refractivity contribution >= 4 is 11.8 Å². The summed E-state index contributed by atoms with van der Waals surface area (Å²) in [5.74, 6) is 0.388. The first kappa shape index (κ1) is 24.6. The molecule has 160 valence electrons. The zero-order valence-corrected chi connectivity index (χ0v) is 18.3. The van der Waals surface area contributed by atoms with Gasteiger partial charge in [-0.05, 0) is 49.9 Å². The van der Waals surface area contributed by atoms with Gasteiger partial charge < -0.3 is 9.84 Å². The minimum Gasteiger partial charge on any atom is -0.466 e. The summed E-state index contributed by atoms with van der Waals surface area (Å²) in [6.45, 7) is 8.29. The Hall–Kier alpha value is -1.42. The van der Waals surface area contributed by atoms with E-state index < -0.39 is 6.10 Å². The molecule has 0 aliphatic heterocycles. The Bertz CT molecular complexity index is 533. The van der Waals surface area contributed by atoms with Gasteiger partial charge in [-0.15, -0.1) is 0 Å². The van der Waals surface area contributed by atoms with Crippen LogP contribution in [0.2, 0.25) is 0 Å². The number of esters is 1. The van der Waals surface area contributed by atoms with Gasteiger partial charge in [0.2, 0.25) is 0 Å². The van der Waals surface area contributed by atoms with Crippen molar-refractivity contribution in [2.45, 2.75) is 91.6 Å². The average Bonchev–Trinajstić information content (AvgIpc) is 2.99. The van der Waals surface area contributed by atoms with Gasteiger partial charge in [-0.1, -0.05) is 57.9 Å². The molecule has 0 saturated heterocycles. The highest BCUT2D eigenvalue weighted by atomic mass is 16.5. The lowest BCUT2D eigenvalue weighted by atomic mass is 9.80. The second-order valence-corrected chi connectivity index (χ2v) is 8.74. The molecule has 0 heterocycles. The summed E-state index contributed by atoms with van der Waals surface area (Å²) in [5, 5.41) is 10.6. The molecule has 0 radical (unpaired) electrons. The molecule has 0 spiro atoms. The first-order valence-electron chi connectivity index (χ1n) is 11.0. The van der Waals surface area contributed by atoms with Crippen LogP contribution in [-0.2, 0) is 14.3 Å². The van der Waals surface area contributed by atoms with E-state index in [0.29, 0.717) is 18.8 Å². The van der Waals surface area contributed by atoms with E-state index in [4.69, 9.17) is 4.74 Å². The van der Waals surface area contributed by atoms with Crippen molar-refractivity contribution in [3.63, 3.8) is 0 Å². The largest absolute Gasteiger partial charge is 0.466 e. The lowest BCUT2D eigenvalue weighted by molar-refractivity contribution is -0.141. The van der Waals surface area contributed by atoms with E-state index in [0.717, 1.165) is 51.4 Å². The predicted octanol–water partition coefficient (Wildman–Crippen LogP) is 5.39. The van der Waals surface area contributed by atoms with Crippen LogP contribution in [0.4, 0.5) is 0 Å². The number of rotatable bonds is 13. The van der Waals surface area contributed by atoms with E-state index >= 15 is 0 Å². The number of aliphatic hydroxyl groups excluding tert-OH is 1. The summed E-state index contributed by atoms with van der Waals surface area (Å²) in [6, 6.07) is 0. The zero-order valence-electron chi connectivity index (χ0n) is 18.3. The molecule has 1 saturated carbocycles. The number of aliphatic hydroxyl groups is 1. The van der Waals surface area contributed by atoms with Crippen molar-refractivity contribution < 1.29 is 19.4 Å². The highest BCUT2D eigenvalue weighted by Crippen LogP contribution is 2.34. The number of ether oxygens (including phenoxy) is 1. The number of allylic oxidation sites excluding steroid dienone is 3. The molecule has 0 amide bonds. The van der Waals surface area contributed by atoms with E-state index in [9.17, 15) is 14.7 Å². The quantitative estimate of drug-likeness (QED) is 0.259. The molecule has 0 bridgehead atoms. The molecule has 1 aliphatic rings. The van der Waals surface area contributed by atoms with E-state index in [2.05, 4.69) is 39.0 Å².